The van der Waals surface area contributed by atoms with Crippen LogP contribution in [0.3, 0.4) is 0 Å². The van der Waals surface area contributed by atoms with Gasteiger partial charge in [0.1, 0.15) is 6.61 Å². The van der Waals surface area contributed by atoms with Crippen LogP contribution in [-0.2, 0) is 32.9 Å². The van der Waals surface area contributed by atoms with Gasteiger partial charge < -0.3 is 39.3 Å². The number of aliphatic hydroxyl groups is 3. The molecule has 13 heteroatoms. The second-order valence-corrected chi connectivity index (χ2v) is 10.5. The van der Waals surface area contributed by atoms with Crippen molar-refractivity contribution >= 4 is 19.8 Å². The Morgan fingerprint density at radius 1 is 1.13 bits per heavy atom. The standard InChI is InChI=1S/C25H43O12P/c1-3-4-7-10-19(27)13-14-23-21(22(28)15-25(30)37-23)11-8-5-6-9-12-24(29)34-16-20(36-18(2)26)17-35-38(31,32)33/h5,8,13-14,19-23,25,27-28,30H,3-4,6-7,9-12,15-17H2,1-2H3,(H2,31,32,33)/b8-5-,14-13+/t19-,20+,21-,22-,23+,25?/m0/s1. The third kappa shape index (κ3) is 16.4. The zero-order valence-electron chi connectivity index (χ0n) is 22.1. The highest BCUT2D eigenvalue weighted by molar-refractivity contribution is 7.46. The molecule has 0 aromatic rings. The lowest BCUT2D eigenvalue weighted by atomic mass is 9.87. The van der Waals surface area contributed by atoms with Crippen molar-refractivity contribution in [3.63, 3.8) is 0 Å². The van der Waals surface area contributed by atoms with Crippen LogP contribution < -0.4 is 0 Å². The average Bonchev–Trinajstić information content (AvgIpc) is 2.82. The number of hydrogen-bond acceptors (Lipinski definition) is 10. The predicted molar refractivity (Wildman–Crippen MR) is 136 cm³/mol. The molecule has 0 saturated carbocycles. The third-order valence-electron chi connectivity index (χ3n) is 5.82. The molecule has 0 amide bonds. The van der Waals surface area contributed by atoms with Crippen LogP contribution >= 0.6 is 7.82 Å². The minimum absolute atomic E-state index is 0.0686. The van der Waals surface area contributed by atoms with Crippen molar-refractivity contribution in [1.29, 1.82) is 0 Å². The molecule has 6 atom stereocenters. The summed E-state index contributed by atoms with van der Waals surface area (Å²) in [6.07, 6.45) is 8.23. The van der Waals surface area contributed by atoms with Crippen molar-refractivity contribution in [3.8, 4) is 0 Å². The van der Waals surface area contributed by atoms with Crippen LogP contribution in [0.2, 0.25) is 0 Å². The molecule has 1 fully saturated rings. The first-order valence-corrected chi connectivity index (χ1v) is 14.5. The maximum atomic E-state index is 12.0. The molecular weight excluding hydrogens is 523 g/mol. The first-order chi connectivity index (χ1) is 17.9. The molecule has 0 aliphatic carbocycles. The van der Waals surface area contributed by atoms with Crippen LogP contribution in [0.1, 0.15) is 71.6 Å². The molecule has 220 valence electrons. The van der Waals surface area contributed by atoms with Crippen molar-refractivity contribution < 1.29 is 58.0 Å². The van der Waals surface area contributed by atoms with E-state index in [-0.39, 0.29) is 18.8 Å². The molecular formula is C25H43O12P. The number of ether oxygens (including phenoxy) is 3. The zero-order chi connectivity index (χ0) is 28.6. The van der Waals surface area contributed by atoms with E-state index in [4.69, 9.17) is 24.0 Å². The molecule has 0 aromatic heterocycles. The average molecular weight is 567 g/mol. The van der Waals surface area contributed by atoms with E-state index in [0.717, 1.165) is 26.2 Å². The van der Waals surface area contributed by atoms with E-state index in [9.17, 15) is 29.5 Å². The minimum atomic E-state index is -4.76. The van der Waals surface area contributed by atoms with E-state index in [2.05, 4.69) is 11.4 Å². The van der Waals surface area contributed by atoms with Crippen molar-refractivity contribution in [2.45, 2.75) is 102 Å². The Morgan fingerprint density at radius 2 is 1.87 bits per heavy atom. The first-order valence-electron chi connectivity index (χ1n) is 13.0. The Morgan fingerprint density at radius 3 is 2.53 bits per heavy atom. The SMILES string of the molecule is CCCCC[C@H](O)/C=C/[C@H]1OC(O)C[C@H](O)[C@@H]1C/C=C\CCCC(=O)OC[C@H](COP(=O)(O)O)OC(C)=O. The fraction of sp³-hybridized carbons (Fsp3) is 0.760. The number of carbonyl (C=O) groups excluding carboxylic acids is 2. The summed E-state index contributed by atoms with van der Waals surface area (Å²) >= 11 is 0. The first kappa shape index (κ1) is 34.4. The van der Waals surface area contributed by atoms with Gasteiger partial charge in [-0.2, -0.15) is 0 Å². The number of allylic oxidation sites excluding steroid dienone is 2. The van der Waals surface area contributed by atoms with Gasteiger partial charge in [0.05, 0.1) is 24.9 Å². The van der Waals surface area contributed by atoms with Crippen LogP contribution in [-0.4, -0.2) is 81.0 Å². The molecule has 38 heavy (non-hydrogen) atoms. The van der Waals surface area contributed by atoms with Crippen molar-refractivity contribution in [2.24, 2.45) is 5.92 Å². The van der Waals surface area contributed by atoms with E-state index in [1.807, 2.05) is 12.2 Å². The molecule has 0 spiro atoms. The number of aliphatic hydroxyl groups excluding tert-OH is 3. The van der Waals surface area contributed by atoms with E-state index in [1.165, 1.54) is 0 Å². The van der Waals surface area contributed by atoms with Gasteiger partial charge in [-0.15, -0.1) is 0 Å². The number of rotatable bonds is 18. The molecule has 0 radical (unpaired) electrons. The molecule has 1 aliphatic heterocycles. The summed E-state index contributed by atoms with van der Waals surface area (Å²) in [6.45, 7) is 2.17. The molecule has 5 N–H and O–H groups in total. The van der Waals surface area contributed by atoms with Gasteiger partial charge in [-0.05, 0) is 25.7 Å². The summed E-state index contributed by atoms with van der Waals surface area (Å²) in [7, 11) is -4.76. The third-order valence-corrected chi connectivity index (χ3v) is 6.30. The fourth-order valence-corrected chi connectivity index (χ4v) is 4.24. The topological polar surface area (TPSA) is 189 Å². The summed E-state index contributed by atoms with van der Waals surface area (Å²) in [4.78, 5) is 40.6. The quantitative estimate of drug-likeness (QED) is 0.0705. The van der Waals surface area contributed by atoms with Crippen molar-refractivity contribution in [1.82, 2.24) is 0 Å². The molecule has 1 unspecified atom stereocenters. The van der Waals surface area contributed by atoms with Crippen molar-refractivity contribution in [2.75, 3.05) is 13.2 Å². The lowest BCUT2D eigenvalue weighted by Crippen LogP contribution is -2.43. The second kappa shape index (κ2) is 18.6. The fourth-order valence-electron chi connectivity index (χ4n) is 3.88. The highest BCUT2D eigenvalue weighted by Crippen LogP contribution is 2.36. The van der Waals surface area contributed by atoms with Gasteiger partial charge in [0.2, 0.25) is 0 Å². The summed E-state index contributed by atoms with van der Waals surface area (Å²) in [5.74, 6) is -1.58. The largest absolute Gasteiger partial charge is 0.469 e. The lowest BCUT2D eigenvalue weighted by Gasteiger charge is -2.36. The number of hydrogen-bond donors (Lipinski definition) is 5. The van der Waals surface area contributed by atoms with E-state index < -0.39 is 63.7 Å². The van der Waals surface area contributed by atoms with Gasteiger partial charge in [0, 0.05) is 25.7 Å². The Kier molecular flexibility index (Phi) is 16.9. The predicted octanol–water partition coefficient (Wildman–Crippen LogP) is 2.27. The van der Waals surface area contributed by atoms with Gasteiger partial charge in [0.25, 0.3) is 0 Å². The Hall–Kier alpha value is -1.63. The molecule has 1 rings (SSSR count). The van der Waals surface area contributed by atoms with Crippen LogP contribution in [0.4, 0.5) is 0 Å². The lowest BCUT2D eigenvalue weighted by molar-refractivity contribution is -0.199. The van der Waals surface area contributed by atoms with Crippen LogP contribution in [0.25, 0.3) is 0 Å². The smallest absolute Gasteiger partial charge is 0.462 e. The number of esters is 2. The van der Waals surface area contributed by atoms with E-state index >= 15 is 0 Å². The molecule has 1 aliphatic rings. The highest BCUT2D eigenvalue weighted by atomic mass is 31.2. The maximum Gasteiger partial charge on any atom is 0.469 e. The van der Waals surface area contributed by atoms with Crippen molar-refractivity contribution in [3.05, 3.63) is 24.3 Å². The van der Waals surface area contributed by atoms with Crippen LogP contribution in [0, 0.1) is 5.92 Å². The number of phosphoric acid groups is 1. The zero-order valence-corrected chi connectivity index (χ0v) is 23.0. The van der Waals surface area contributed by atoms with E-state index in [1.54, 1.807) is 12.2 Å². The summed E-state index contributed by atoms with van der Waals surface area (Å²) < 4.78 is 30.5. The van der Waals surface area contributed by atoms with Crippen LogP contribution in [0.15, 0.2) is 24.3 Å². The van der Waals surface area contributed by atoms with Gasteiger partial charge in [0.15, 0.2) is 12.4 Å². The normalized spacial score (nSPS) is 24.0. The number of phosphoric ester groups is 1. The number of carbonyl (C=O) groups is 2. The van der Waals surface area contributed by atoms with Gasteiger partial charge in [-0.1, -0.05) is 50.5 Å². The highest BCUT2D eigenvalue weighted by Gasteiger charge is 2.35. The molecule has 0 bridgehead atoms. The van der Waals surface area contributed by atoms with Gasteiger partial charge in [-0.25, -0.2) is 4.57 Å². The van der Waals surface area contributed by atoms with Gasteiger partial charge >= 0.3 is 19.8 Å². The summed E-state index contributed by atoms with van der Waals surface area (Å²) in [5, 5.41) is 30.5. The summed E-state index contributed by atoms with van der Waals surface area (Å²) in [5.41, 5.74) is 0. The number of unbranched alkanes of at least 4 members (excludes halogenated alkanes) is 3. The Balaban J connectivity index is 2.44. The molecule has 1 heterocycles. The molecule has 1 saturated heterocycles. The second-order valence-electron chi connectivity index (χ2n) is 9.27. The Labute approximate surface area is 223 Å². The maximum absolute atomic E-state index is 12.0. The van der Waals surface area contributed by atoms with Gasteiger partial charge in [-0.3, -0.25) is 14.1 Å². The Bertz CT molecular complexity index is 795. The monoisotopic (exact) mass is 566 g/mol. The van der Waals surface area contributed by atoms with Crippen LogP contribution in [0.5, 0.6) is 0 Å². The van der Waals surface area contributed by atoms with E-state index in [0.29, 0.717) is 25.7 Å². The molecule has 0 aromatic carbocycles. The molecule has 12 nitrogen and oxygen atoms in total. The minimum Gasteiger partial charge on any atom is -0.462 e. The summed E-state index contributed by atoms with van der Waals surface area (Å²) in [6, 6.07) is 0.